The van der Waals surface area contributed by atoms with Crippen LogP contribution in [-0.4, -0.2) is 12.7 Å². The molecule has 0 bridgehead atoms. The molecule has 2 aromatic carbocycles. The summed E-state index contributed by atoms with van der Waals surface area (Å²) in [5.74, 6) is 0.712. The Balaban J connectivity index is 1.40. The molecule has 3 nitrogen and oxygen atoms in total. The second kappa shape index (κ2) is 7.95. The van der Waals surface area contributed by atoms with E-state index in [9.17, 15) is 9.18 Å². The van der Waals surface area contributed by atoms with Crippen LogP contribution in [0.1, 0.15) is 37.2 Å². The van der Waals surface area contributed by atoms with Crippen molar-refractivity contribution in [2.24, 2.45) is 5.92 Å². The molecule has 0 atom stereocenters. The van der Waals surface area contributed by atoms with Gasteiger partial charge in [-0.15, -0.1) is 0 Å². The summed E-state index contributed by atoms with van der Waals surface area (Å²) >= 11 is 0. The quantitative estimate of drug-likeness (QED) is 0.822. The van der Waals surface area contributed by atoms with E-state index in [1.165, 1.54) is 29.8 Å². The van der Waals surface area contributed by atoms with E-state index >= 15 is 0 Å². The molecule has 0 radical (unpaired) electrons. The minimum Gasteiger partial charge on any atom is -0.449 e. The van der Waals surface area contributed by atoms with E-state index in [1.807, 2.05) is 6.07 Å². The van der Waals surface area contributed by atoms with Gasteiger partial charge in [0.2, 0.25) is 0 Å². The van der Waals surface area contributed by atoms with Gasteiger partial charge in [-0.3, -0.25) is 5.32 Å². The Hall–Kier alpha value is -2.36. The summed E-state index contributed by atoms with van der Waals surface area (Å²) in [7, 11) is 0. The van der Waals surface area contributed by atoms with Gasteiger partial charge < -0.3 is 4.74 Å². The highest BCUT2D eigenvalue weighted by molar-refractivity contribution is 5.84. The lowest BCUT2D eigenvalue weighted by Gasteiger charge is -2.28. The average Bonchev–Trinajstić information content (AvgIpc) is 2.63. The van der Waals surface area contributed by atoms with Gasteiger partial charge in [0, 0.05) is 5.69 Å². The Labute approximate surface area is 141 Å². The minimum absolute atomic E-state index is 0.330. The molecule has 2 aromatic rings. The minimum atomic E-state index is -0.480. The topological polar surface area (TPSA) is 38.3 Å². The van der Waals surface area contributed by atoms with Crippen LogP contribution in [0.4, 0.5) is 14.9 Å². The predicted octanol–water partition coefficient (Wildman–Crippen LogP) is 5.35. The lowest BCUT2D eigenvalue weighted by molar-refractivity contribution is 0.126. The number of anilines is 1. The summed E-state index contributed by atoms with van der Waals surface area (Å²) in [6.07, 6.45) is 3.94. The van der Waals surface area contributed by atoms with Crippen LogP contribution in [0.2, 0.25) is 0 Å². The first kappa shape index (κ1) is 16.5. The number of benzene rings is 2. The van der Waals surface area contributed by atoms with Crippen molar-refractivity contribution in [2.75, 3.05) is 11.9 Å². The van der Waals surface area contributed by atoms with Crippen LogP contribution in [0.5, 0.6) is 0 Å². The van der Waals surface area contributed by atoms with E-state index in [0.29, 0.717) is 24.1 Å². The summed E-state index contributed by atoms with van der Waals surface area (Å²) in [4.78, 5) is 11.8. The fourth-order valence-electron chi connectivity index (χ4n) is 3.27. The zero-order chi connectivity index (χ0) is 16.8. The van der Waals surface area contributed by atoms with Crippen molar-refractivity contribution in [3.05, 3.63) is 66.0 Å². The van der Waals surface area contributed by atoms with Crippen molar-refractivity contribution in [3.8, 4) is 0 Å². The third-order valence-corrected chi connectivity index (χ3v) is 4.66. The van der Waals surface area contributed by atoms with Crippen LogP contribution in [-0.2, 0) is 4.74 Å². The largest absolute Gasteiger partial charge is 0.449 e. The summed E-state index contributed by atoms with van der Waals surface area (Å²) in [6, 6.07) is 16.2. The zero-order valence-electron chi connectivity index (χ0n) is 13.6. The van der Waals surface area contributed by atoms with E-state index in [-0.39, 0.29) is 5.82 Å². The molecule has 1 saturated carbocycles. The zero-order valence-corrected chi connectivity index (χ0v) is 13.6. The molecule has 0 aliphatic heterocycles. The molecule has 0 spiro atoms. The monoisotopic (exact) mass is 327 g/mol. The number of halogens is 1. The van der Waals surface area contributed by atoms with Crippen molar-refractivity contribution < 1.29 is 13.9 Å². The molecular formula is C20H22FNO2. The summed E-state index contributed by atoms with van der Waals surface area (Å²) in [5, 5.41) is 2.62. The normalized spacial score (nSPS) is 20.4. The van der Waals surface area contributed by atoms with E-state index in [4.69, 9.17) is 4.74 Å². The van der Waals surface area contributed by atoms with Crippen LogP contribution in [0.25, 0.3) is 0 Å². The van der Waals surface area contributed by atoms with Crippen molar-refractivity contribution in [1.29, 1.82) is 0 Å². The van der Waals surface area contributed by atoms with Crippen molar-refractivity contribution >= 4 is 11.8 Å². The third kappa shape index (κ3) is 4.57. The number of rotatable bonds is 4. The van der Waals surface area contributed by atoms with E-state index < -0.39 is 6.09 Å². The van der Waals surface area contributed by atoms with Gasteiger partial charge in [0.25, 0.3) is 0 Å². The molecule has 1 N–H and O–H groups in total. The smallest absolute Gasteiger partial charge is 0.411 e. The van der Waals surface area contributed by atoms with Gasteiger partial charge in [-0.2, -0.15) is 0 Å². The van der Waals surface area contributed by atoms with Crippen molar-refractivity contribution in [1.82, 2.24) is 0 Å². The summed E-state index contributed by atoms with van der Waals surface area (Å²) in [5.41, 5.74) is 1.94. The fourth-order valence-corrected chi connectivity index (χ4v) is 3.27. The Bertz CT molecular complexity index is 649. The maximum absolute atomic E-state index is 12.8. The standard InChI is InChI=1S/C20H22FNO2/c21-18-10-12-19(13-11-18)22-20(23)24-14-15-6-8-17(9-7-15)16-4-2-1-3-5-16/h1-5,10-13,15,17H,6-9,14H2,(H,22,23). The van der Waals surface area contributed by atoms with Gasteiger partial charge in [-0.25, -0.2) is 9.18 Å². The summed E-state index contributed by atoms with van der Waals surface area (Å²) in [6.45, 7) is 0.439. The highest BCUT2D eigenvalue weighted by Gasteiger charge is 2.23. The fraction of sp³-hybridized carbons (Fsp3) is 0.350. The van der Waals surface area contributed by atoms with Crippen LogP contribution in [0, 0.1) is 11.7 Å². The van der Waals surface area contributed by atoms with Gasteiger partial charge in [0.1, 0.15) is 5.82 Å². The molecular weight excluding hydrogens is 305 g/mol. The highest BCUT2D eigenvalue weighted by Crippen LogP contribution is 2.35. The highest BCUT2D eigenvalue weighted by atomic mass is 19.1. The molecule has 1 fully saturated rings. The second-order valence-corrected chi connectivity index (χ2v) is 6.36. The average molecular weight is 327 g/mol. The Morgan fingerprint density at radius 3 is 2.33 bits per heavy atom. The Morgan fingerprint density at radius 2 is 1.67 bits per heavy atom. The van der Waals surface area contributed by atoms with E-state index in [0.717, 1.165) is 25.7 Å². The van der Waals surface area contributed by atoms with Crippen LogP contribution in [0.3, 0.4) is 0 Å². The van der Waals surface area contributed by atoms with Gasteiger partial charge in [0.05, 0.1) is 6.61 Å². The molecule has 1 aliphatic carbocycles. The van der Waals surface area contributed by atoms with Crippen molar-refractivity contribution in [3.63, 3.8) is 0 Å². The van der Waals surface area contributed by atoms with E-state index in [2.05, 4.69) is 29.6 Å². The SMILES string of the molecule is O=C(Nc1ccc(F)cc1)OCC1CCC(c2ccccc2)CC1. The lowest BCUT2D eigenvalue weighted by Crippen LogP contribution is -2.22. The van der Waals surface area contributed by atoms with Gasteiger partial charge in [-0.05, 0) is 67.3 Å². The van der Waals surface area contributed by atoms with Crippen LogP contribution >= 0.6 is 0 Å². The Morgan fingerprint density at radius 1 is 1.00 bits per heavy atom. The third-order valence-electron chi connectivity index (χ3n) is 4.66. The first-order valence-electron chi connectivity index (χ1n) is 8.45. The number of carbonyl (C=O) groups excluding carboxylic acids is 1. The molecule has 4 heteroatoms. The Kier molecular flexibility index (Phi) is 5.47. The van der Waals surface area contributed by atoms with E-state index in [1.54, 1.807) is 0 Å². The molecule has 0 heterocycles. The number of nitrogens with one attached hydrogen (secondary N) is 1. The molecule has 0 aromatic heterocycles. The van der Waals surface area contributed by atoms with Crippen molar-refractivity contribution in [2.45, 2.75) is 31.6 Å². The lowest BCUT2D eigenvalue weighted by atomic mass is 9.79. The molecule has 0 unspecified atom stereocenters. The van der Waals surface area contributed by atoms with Gasteiger partial charge in [0.15, 0.2) is 0 Å². The molecule has 24 heavy (non-hydrogen) atoms. The number of ether oxygens (including phenoxy) is 1. The molecule has 1 aliphatic rings. The maximum Gasteiger partial charge on any atom is 0.411 e. The first-order chi connectivity index (χ1) is 11.7. The van der Waals surface area contributed by atoms with Crippen LogP contribution in [0.15, 0.2) is 54.6 Å². The second-order valence-electron chi connectivity index (χ2n) is 6.36. The maximum atomic E-state index is 12.8. The van der Waals surface area contributed by atoms with Gasteiger partial charge >= 0.3 is 6.09 Å². The number of amides is 1. The summed E-state index contributed by atoms with van der Waals surface area (Å²) < 4.78 is 18.1. The predicted molar refractivity (Wildman–Crippen MR) is 92.5 cm³/mol. The molecule has 3 rings (SSSR count). The molecule has 126 valence electrons. The molecule has 0 saturated heterocycles. The number of hydrogen-bond donors (Lipinski definition) is 1. The van der Waals surface area contributed by atoms with Gasteiger partial charge in [-0.1, -0.05) is 30.3 Å². The number of carbonyl (C=O) groups is 1. The van der Waals surface area contributed by atoms with Crippen LogP contribution < -0.4 is 5.32 Å². The molecule has 1 amide bonds. The number of hydrogen-bond acceptors (Lipinski definition) is 2. The first-order valence-corrected chi connectivity index (χ1v) is 8.45.